The van der Waals surface area contributed by atoms with Gasteiger partial charge < -0.3 is 54.2 Å². The first kappa shape index (κ1) is 52.6. The highest BCUT2D eigenvalue weighted by Crippen LogP contribution is 2.69. The third-order valence-electron chi connectivity index (χ3n) is 15.4. The molecular weight excluding hydrogens is 957 g/mol. The van der Waals surface area contributed by atoms with Gasteiger partial charge in [0.1, 0.15) is 58.9 Å². The lowest BCUT2D eigenvalue weighted by Gasteiger charge is -2.56. The van der Waals surface area contributed by atoms with Gasteiger partial charge in [0.2, 0.25) is 24.0 Å². The van der Waals surface area contributed by atoms with Crippen LogP contribution < -0.4 is 29.6 Å². The standard InChI is InChI=1S/C56H64N2O16/c1-27(2)10-9-21-54(8)22-20-34-45(72-54)33(16-11-28(3)4)47-40(46(34)71-51(68)30-12-14-32(15-13-30)69-52-44(64)43(63)42(62)37(26-59)70-52)41(61)35-24-31-25-38-53(6,7)74-55(48(31)65,56(35,38)73-47)23-19-29(5)49(66)57-36-17-18-39(60)58-50(36)67/h10-15,19-20,22,24,31,36-38,42-44,52,59,62-64H,9,16-18,21,23,25-26H2,1-8H3,(H,57,66)(H,58,60,67)/b29-19-/t31?,36?,37-,38?,42-,43-,44-,52-,54?,55?,56?/m1/s1. The van der Waals surface area contributed by atoms with Crippen molar-refractivity contribution >= 4 is 41.3 Å². The Balaban J connectivity index is 1.14. The number of hydrogen-bond acceptors (Lipinski definition) is 16. The number of ether oxygens (including phenoxy) is 6. The second-order valence-corrected chi connectivity index (χ2v) is 21.6. The molecule has 8 aliphatic rings. The maximum absolute atomic E-state index is 15.9. The monoisotopic (exact) mass is 1020 g/mol. The van der Waals surface area contributed by atoms with Gasteiger partial charge in [0.25, 0.3) is 0 Å². The van der Waals surface area contributed by atoms with E-state index in [0.29, 0.717) is 36.1 Å². The topological polar surface area (TPSA) is 263 Å². The molecule has 3 amide bonds. The minimum Gasteiger partial charge on any atom is -0.482 e. The lowest BCUT2D eigenvalue weighted by molar-refractivity contribution is -0.277. The van der Waals surface area contributed by atoms with Gasteiger partial charge >= 0.3 is 5.97 Å². The van der Waals surface area contributed by atoms with Gasteiger partial charge in [0, 0.05) is 41.4 Å². The summed E-state index contributed by atoms with van der Waals surface area (Å²) in [5, 5.41) is 45.7. The number of imide groups is 1. The Morgan fingerprint density at radius 2 is 1.62 bits per heavy atom. The molecule has 1 saturated carbocycles. The van der Waals surface area contributed by atoms with Crippen molar-refractivity contribution in [3.05, 3.63) is 99.2 Å². The SMILES string of the molecule is CC(C)=CCCC1(C)C=Cc2c(c(CC=C(C)C)c3c(c2OC(=O)c2ccc(O[C@@H]4O[C@H](CO)[C@@H](O)[C@@H](O)[C@H]4O)cc2)C(=O)C2=CC4CC5C(C)(C)OC(C/C=C(/C)C(=O)NC6CCC(=O)NC6=O)(C4=O)C25O3)O1. The molecule has 3 saturated heterocycles. The molecule has 4 fully saturated rings. The van der Waals surface area contributed by atoms with Crippen LogP contribution in [0.3, 0.4) is 0 Å². The molecular formula is C56H64N2O16. The van der Waals surface area contributed by atoms with E-state index < -0.39 is 107 Å². The summed E-state index contributed by atoms with van der Waals surface area (Å²) in [7, 11) is 0. The summed E-state index contributed by atoms with van der Waals surface area (Å²) in [6, 6.07) is 4.63. The third kappa shape index (κ3) is 8.92. The quantitative estimate of drug-likeness (QED) is 0.0490. The number of fused-ring (bicyclic) bond motifs is 2. The van der Waals surface area contributed by atoms with Crippen molar-refractivity contribution in [2.45, 2.75) is 159 Å². The van der Waals surface area contributed by atoms with Crippen molar-refractivity contribution in [2.24, 2.45) is 11.8 Å². The van der Waals surface area contributed by atoms with E-state index in [1.165, 1.54) is 24.3 Å². The van der Waals surface area contributed by atoms with Crippen LogP contribution in [0.4, 0.5) is 0 Å². The van der Waals surface area contributed by atoms with Gasteiger partial charge in [-0.05, 0) is 124 Å². The average molecular weight is 1020 g/mol. The Kier molecular flexibility index (Phi) is 13.8. The van der Waals surface area contributed by atoms with Crippen LogP contribution in [0.25, 0.3) is 6.08 Å². The summed E-state index contributed by atoms with van der Waals surface area (Å²) >= 11 is 0. The maximum atomic E-state index is 15.9. The number of esters is 1. The number of hydrogen-bond donors (Lipinski definition) is 6. The predicted octanol–water partition coefficient (Wildman–Crippen LogP) is 4.77. The van der Waals surface area contributed by atoms with E-state index in [-0.39, 0.29) is 71.0 Å². The summed E-state index contributed by atoms with van der Waals surface area (Å²) in [5.74, 6) is -4.41. The van der Waals surface area contributed by atoms with Gasteiger partial charge in [-0.25, -0.2) is 4.79 Å². The Hall–Kier alpha value is -6.28. The largest absolute Gasteiger partial charge is 0.482 e. The van der Waals surface area contributed by atoms with Crippen LogP contribution >= 0.6 is 0 Å². The Morgan fingerprint density at radius 1 is 0.905 bits per heavy atom. The van der Waals surface area contributed by atoms with Crippen molar-refractivity contribution in [1.82, 2.24) is 10.6 Å². The Morgan fingerprint density at radius 3 is 2.30 bits per heavy atom. The number of aliphatic hydroxyl groups is 4. The number of benzene rings is 2. The molecule has 18 nitrogen and oxygen atoms in total. The maximum Gasteiger partial charge on any atom is 0.343 e. The minimum absolute atomic E-state index is 0.0210. The van der Waals surface area contributed by atoms with Gasteiger partial charge in [-0.15, -0.1) is 0 Å². The van der Waals surface area contributed by atoms with Crippen molar-refractivity contribution in [1.29, 1.82) is 0 Å². The molecule has 3 aliphatic carbocycles. The van der Waals surface area contributed by atoms with E-state index in [2.05, 4.69) is 16.7 Å². The lowest BCUT2D eigenvalue weighted by Crippen LogP contribution is -2.72. The zero-order valence-electron chi connectivity index (χ0n) is 42.7. The first-order chi connectivity index (χ1) is 34.9. The van der Waals surface area contributed by atoms with Gasteiger partial charge in [0.05, 0.1) is 23.3 Å². The fourth-order valence-corrected chi connectivity index (χ4v) is 11.5. The number of carbonyl (C=O) groups is 6. The molecule has 1 spiro atoms. The third-order valence-corrected chi connectivity index (χ3v) is 15.4. The molecule has 5 heterocycles. The van der Waals surface area contributed by atoms with Crippen LogP contribution in [0.5, 0.6) is 23.0 Å². The van der Waals surface area contributed by atoms with Crippen molar-refractivity contribution in [3.8, 4) is 23.0 Å². The first-order valence-electron chi connectivity index (χ1n) is 25.1. The number of amides is 3. The van der Waals surface area contributed by atoms with Gasteiger partial charge in [-0.2, -0.15) is 0 Å². The molecule has 394 valence electrons. The second-order valence-electron chi connectivity index (χ2n) is 21.6. The molecule has 0 radical (unpaired) electrons. The number of allylic oxidation sites excluding steroid dienone is 5. The average Bonchev–Trinajstić information content (AvgIpc) is 3.56. The number of carbonyl (C=O) groups excluding carboxylic acids is 6. The molecule has 4 bridgehead atoms. The molecule has 5 aliphatic heterocycles. The molecule has 6 unspecified atom stereocenters. The summed E-state index contributed by atoms with van der Waals surface area (Å²) in [4.78, 5) is 83.5. The number of piperidine rings is 1. The highest BCUT2D eigenvalue weighted by Gasteiger charge is 2.81. The zero-order valence-corrected chi connectivity index (χ0v) is 42.7. The van der Waals surface area contributed by atoms with Crippen LogP contribution in [0.2, 0.25) is 0 Å². The molecule has 74 heavy (non-hydrogen) atoms. The molecule has 0 aromatic heterocycles. The van der Waals surface area contributed by atoms with Crippen LogP contribution in [-0.2, 0) is 35.1 Å². The van der Waals surface area contributed by atoms with E-state index in [9.17, 15) is 39.6 Å². The summed E-state index contributed by atoms with van der Waals surface area (Å²) in [6.07, 6.45) is 5.05. The molecule has 2 aromatic carbocycles. The molecule has 10 rings (SSSR count). The number of rotatable bonds is 14. The number of nitrogens with one attached hydrogen (secondary N) is 2. The number of ketones is 2. The lowest BCUT2D eigenvalue weighted by atomic mass is 9.51. The Bertz CT molecular complexity index is 2870. The smallest absolute Gasteiger partial charge is 0.343 e. The summed E-state index contributed by atoms with van der Waals surface area (Å²) in [5.41, 5.74) is -2.35. The number of Topliss-reactive ketones (excluding diaryl/α,β-unsaturated/α-hetero) is 2. The van der Waals surface area contributed by atoms with Crippen molar-refractivity contribution < 1.29 is 77.6 Å². The fourth-order valence-electron chi connectivity index (χ4n) is 11.5. The van der Waals surface area contributed by atoms with Crippen LogP contribution in [0, 0.1) is 11.8 Å². The van der Waals surface area contributed by atoms with E-state index in [1.807, 2.05) is 60.6 Å². The molecule has 11 atom stereocenters. The summed E-state index contributed by atoms with van der Waals surface area (Å²) < 4.78 is 39.1. The van der Waals surface area contributed by atoms with Crippen molar-refractivity contribution in [2.75, 3.05) is 6.61 Å². The normalized spacial score (nSPS) is 32.2. The molecule has 18 heteroatoms. The van der Waals surface area contributed by atoms with Crippen LogP contribution in [-0.4, -0.2) is 121 Å². The molecule has 2 aromatic rings. The second kappa shape index (κ2) is 19.5. The predicted molar refractivity (Wildman–Crippen MR) is 265 cm³/mol. The van der Waals surface area contributed by atoms with E-state index in [1.54, 1.807) is 25.2 Å². The first-order valence-corrected chi connectivity index (χ1v) is 25.1. The van der Waals surface area contributed by atoms with Crippen LogP contribution in [0.1, 0.15) is 126 Å². The van der Waals surface area contributed by atoms with Gasteiger partial charge in [0.15, 0.2) is 28.5 Å². The highest BCUT2D eigenvalue weighted by molar-refractivity contribution is 6.19. The van der Waals surface area contributed by atoms with Gasteiger partial charge in [-0.3, -0.25) is 29.3 Å². The molecule has 6 N–H and O–H groups in total. The fraction of sp³-hybridized carbons (Fsp3) is 0.500. The van der Waals surface area contributed by atoms with Gasteiger partial charge in [-0.1, -0.05) is 35.5 Å². The van der Waals surface area contributed by atoms with E-state index in [0.717, 1.165) is 11.1 Å². The Labute approximate surface area is 428 Å². The van der Waals surface area contributed by atoms with E-state index >= 15 is 9.59 Å². The number of aliphatic hydroxyl groups excluding tert-OH is 4. The summed E-state index contributed by atoms with van der Waals surface area (Å²) in [6.45, 7) is 14.4. The minimum atomic E-state index is -1.84. The van der Waals surface area contributed by atoms with E-state index in [4.69, 9.17) is 28.4 Å². The van der Waals surface area contributed by atoms with Crippen molar-refractivity contribution in [3.63, 3.8) is 0 Å². The van der Waals surface area contributed by atoms with Crippen LogP contribution in [0.15, 0.2) is 76.9 Å². The highest BCUT2D eigenvalue weighted by atomic mass is 16.7. The zero-order chi connectivity index (χ0) is 53.4.